The molecule has 0 N–H and O–H groups in total. The van der Waals surface area contributed by atoms with Crippen molar-refractivity contribution in [2.75, 3.05) is 20.1 Å². The molecular weight excluding hydrogens is 437 g/mol. The number of amides is 2. The molecule has 1 aromatic rings. The number of carbonyl (C=O) groups is 2. The van der Waals surface area contributed by atoms with E-state index >= 15 is 0 Å². The Morgan fingerprint density at radius 2 is 1.61 bits per heavy atom. The topological polar surface area (TPSA) is 40.6 Å². The number of rotatable bonds is 3. The third kappa shape index (κ3) is 5.27. The van der Waals surface area contributed by atoms with Gasteiger partial charge in [0.15, 0.2) is 6.04 Å². The minimum atomic E-state index is -4.58. The van der Waals surface area contributed by atoms with Crippen molar-refractivity contribution >= 4 is 27.7 Å². The van der Waals surface area contributed by atoms with Gasteiger partial charge in [0.25, 0.3) is 0 Å². The average molecular weight is 463 g/mol. The van der Waals surface area contributed by atoms with E-state index in [1.807, 2.05) is 20.8 Å². The van der Waals surface area contributed by atoms with Crippen molar-refractivity contribution in [1.82, 2.24) is 9.80 Å². The monoisotopic (exact) mass is 462 g/mol. The summed E-state index contributed by atoms with van der Waals surface area (Å²) in [5.41, 5.74) is -0.497. The van der Waals surface area contributed by atoms with Crippen LogP contribution in [0.5, 0.6) is 0 Å². The number of hydrogen-bond acceptors (Lipinski definition) is 2. The van der Waals surface area contributed by atoms with E-state index in [4.69, 9.17) is 0 Å². The van der Waals surface area contributed by atoms with Crippen LogP contribution in [0.4, 0.5) is 13.2 Å². The Hall–Kier alpha value is -1.57. The molecule has 4 nitrogen and oxygen atoms in total. The van der Waals surface area contributed by atoms with E-state index in [0.717, 1.165) is 4.90 Å². The molecule has 2 amide bonds. The highest BCUT2D eigenvalue weighted by Gasteiger charge is 2.46. The van der Waals surface area contributed by atoms with Gasteiger partial charge in [-0.15, -0.1) is 0 Å². The van der Waals surface area contributed by atoms with Crippen LogP contribution >= 0.6 is 15.9 Å². The van der Waals surface area contributed by atoms with Crippen LogP contribution in [0, 0.1) is 11.3 Å². The van der Waals surface area contributed by atoms with Crippen LogP contribution in [0.2, 0.25) is 0 Å². The predicted molar refractivity (Wildman–Crippen MR) is 104 cm³/mol. The lowest BCUT2D eigenvalue weighted by Gasteiger charge is -2.38. The molecule has 8 heteroatoms. The lowest BCUT2D eigenvalue weighted by molar-refractivity contribution is -0.191. The highest BCUT2D eigenvalue weighted by atomic mass is 79.9. The lowest BCUT2D eigenvalue weighted by atomic mass is 9.90. The van der Waals surface area contributed by atoms with Crippen molar-refractivity contribution < 1.29 is 22.8 Å². The molecule has 1 aliphatic rings. The van der Waals surface area contributed by atoms with E-state index in [-0.39, 0.29) is 11.5 Å². The smallest absolute Gasteiger partial charge is 0.342 e. The summed E-state index contributed by atoms with van der Waals surface area (Å²) in [6.07, 6.45) is -3.84. The highest BCUT2D eigenvalue weighted by Crippen LogP contribution is 2.38. The number of halogens is 4. The number of carbonyl (C=O) groups excluding carboxylic acids is 2. The van der Waals surface area contributed by atoms with E-state index in [2.05, 4.69) is 15.9 Å². The summed E-state index contributed by atoms with van der Waals surface area (Å²) in [6.45, 7) is 6.25. The molecule has 1 atom stereocenters. The fourth-order valence-corrected chi connectivity index (χ4v) is 3.76. The molecule has 0 bridgehead atoms. The van der Waals surface area contributed by atoms with Crippen LogP contribution in [-0.2, 0) is 9.59 Å². The molecule has 1 saturated heterocycles. The Morgan fingerprint density at radius 1 is 1.11 bits per heavy atom. The minimum absolute atomic E-state index is 0.00483. The van der Waals surface area contributed by atoms with Gasteiger partial charge in [-0.2, -0.15) is 13.2 Å². The summed E-state index contributed by atoms with van der Waals surface area (Å²) < 4.78 is 41.8. The van der Waals surface area contributed by atoms with Gasteiger partial charge in [-0.05, 0) is 30.5 Å². The first kappa shape index (κ1) is 22.7. The molecule has 0 unspecified atom stereocenters. The van der Waals surface area contributed by atoms with Gasteiger partial charge in [-0.25, -0.2) is 0 Å². The second-order valence-corrected chi connectivity index (χ2v) is 9.18. The first-order valence-corrected chi connectivity index (χ1v) is 10.00. The summed E-state index contributed by atoms with van der Waals surface area (Å²) >= 11 is 3.21. The number of nitrogens with zero attached hydrogens (tertiary/aromatic N) is 2. The summed E-state index contributed by atoms with van der Waals surface area (Å²) in [5, 5.41) is 0. The first-order valence-electron chi connectivity index (χ1n) is 9.20. The Labute approximate surface area is 172 Å². The predicted octanol–water partition coefficient (Wildman–Crippen LogP) is 4.80. The largest absolute Gasteiger partial charge is 0.413 e. The molecule has 1 aliphatic heterocycles. The van der Waals surface area contributed by atoms with E-state index in [1.54, 1.807) is 4.90 Å². The van der Waals surface area contributed by atoms with Gasteiger partial charge in [-0.1, -0.05) is 48.8 Å². The van der Waals surface area contributed by atoms with Crippen molar-refractivity contribution in [2.24, 2.45) is 11.3 Å². The van der Waals surface area contributed by atoms with Gasteiger partial charge in [0.05, 0.1) is 0 Å². The van der Waals surface area contributed by atoms with Crippen molar-refractivity contribution in [3.8, 4) is 0 Å². The van der Waals surface area contributed by atoms with E-state index in [9.17, 15) is 22.8 Å². The van der Waals surface area contributed by atoms with Crippen molar-refractivity contribution in [3.63, 3.8) is 0 Å². The summed E-state index contributed by atoms with van der Waals surface area (Å²) in [6, 6.07) is 3.81. The zero-order chi connectivity index (χ0) is 21.3. The number of likely N-dealkylation sites (tertiary alicyclic amines) is 1. The number of benzene rings is 1. The average Bonchev–Trinajstić information content (AvgIpc) is 2.60. The number of piperidine rings is 1. The van der Waals surface area contributed by atoms with Crippen LogP contribution in [0.1, 0.15) is 45.2 Å². The molecule has 28 heavy (non-hydrogen) atoms. The van der Waals surface area contributed by atoms with Gasteiger partial charge >= 0.3 is 6.18 Å². The maximum atomic E-state index is 13.7. The molecule has 1 fully saturated rings. The fraction of sp³-hybridized carbons (Fsp3) is 0.600. The van der Waals surface area contributed by atoms with Gasteiger partial charge in [0.2, 0.25) is 11.8 Å². The molecule has 0 saturated carbocycles. The zero-order valence-corrected chi connectivity index (χ0v) is 18.1. The molecule has 0 radical (unpaired) electrons. The molecule has 2 rings (SSSR count). The SMILES string of the molecule is CN(C(=O)C1CCN(C(=O)C(C)(C)C)CC1)[C@@H](c1ccc(Br)cc1)C(F)(F)F. The first-order chi connectivity index (χ1) is 12.8. The molecule has 0 spiro atoms. The quantitative estimate of drug-likeness (QED) is 0.647. The van der Waals surface area contributed by atoms with E-state index in [1.165, 1.54) is 31.3 Å². The van der Waals surface area contributed by atoms with Crippen LogP contribution < -0.4 is 0 Å². The van der Waals surface area contributed by atoms with E-state index < -0.39 is 29.5 Å². The summed E-state index contributed by atoms with van der Waals surface area (Å²) in [4.78, 5) is 27.7. The Balaban J connectivity index is 2.12. The third-order valence-corrected chi connectivity index (χ3v) is 5.53. The van der Waals surface area contributed by atoms with Crippen LogP contribution in [0.25, 0.3) is 0 Å². The lowest BCUT2D eigenvalue weighted by Crippen LogP contribution is -2.48. The second-order valence-electron chi connectivity index (χ2n) is 8.26. The molecule has 156 valence electrons. The normalized spacial score (nSPS) is 17.4. The van der Waals surface area contributed by atoms with Crippen molar-refractivity contribution in [1.29, 1.82) is 0 Å². The Kier molecular flexibility index (Phi) is 6.84. The van der Waals surface area contributed by atoms with Crippen molar-refractivity contribution in [2.45, 2.75) is 45.8 Å². The number of hydrogen-bond donors (Lipinski definition) is 0. The Morgan fingerprint density at radius 3 is 2.04 bits per heavy atom. The molecular formula is C20H26BrF3N2O2. The van der Waals surface area contributed by atoms with Gasteiger partial charge in [-0.3, -0.25) is 9.59 Å². The fourth-order valence-electron chi connectivity index (χ4n) is 3.50. The van der Waals surface area contributed by atoms with Gasteiger partial charge in [0.1, 0.15) is 0 Å². The van der Waals surface area contributed by atoms with Crippen LogP contribution in [0.3, 0.4) is 0 Å². The molecule has 1 heterocycles. The van der Waals surface area contributed by atoms with Crippen LogP contribution in [-0.4, -0.2) is 47.9 Å². The summed E-state index contributed by atoms with van der Waals surface area (Å²) in [7, 11) is 1.20. The molecule has 0 aliphatic carbocycles. The third-order valence-electron chi connectivity index (χ3n) is 5.00. The highest BCUT2D eigenvalue weighted by molar-refractivity contribution is 9.10. The summed E-state index contributed by atoms with van der Waals surface area (Å²) in [5.74, 6) is -1.06. The van der Waals surface area contributed by atoms with E-state index in [0.29, 0.717) is 30.4 Å². The zero-order valence-electron chi connectivity index (χ0n) is 16.5. The van der Waals surface area contributed by atoms with Gasteiger partial charge < -0.3 is 9.80 Å². The van der Waals surface area contributed by atoms with Gasteiger partial charge in [0, 0.05) is 35.9 Å². The minimum Gasteiger partial charge on any atom is -0.342 e. The Bertz CT molecular complexity index is 706. The maximum absolute atomic E-state index is 13.7. The maximum Gasteiger partial charge on any atom is 0.413 e. The number of alkyl halides is 3. The molecule has 0 aromatic heterocycles. The molecule has 1 aromatic carbocycles. The van der Waals surface area contributed by atoms with Crippen LogP contribution in [0.15, 0.2) is 28.7 Å². The van der Waals surface area contributed by atoms with Crippen molar-refractivity contribution in [3.05, 3.63) is 34.3 Å². The standard InChI is InChI=1S/C20H26BrF3N2O2/c1-19(2,3)18(28)26-11-9-14(10-12-26)17(27)25(4)16(20(22,23)24)13-5-7-15(21)8-6-13/h5-8,14,16H,9-12H2,1-4H3/t16-/m0/s1. The second kappa shape index (κ2) is 8.43.